The molecule has 0 saturated heterocycles. The molecule has 0 aliphatic carbocycles. The second kappa shape index (κ2) is 5.14. The minimum absolute atomic E-state index is 0.131. The summed E-state index contributed by atoms with van der Waals surface area (Å²) in [7, 11) is -3.86. The van der Waals surface area contributed by atoms with Gasteiger partial charge in [0.05, 0.1) is 4.90 Å². The Kier molecular flexibility index (Phi) is 3.79. The van der Waals surface area contributed by atoms with Crippen LogP contribution in [0.25, 0.3) is 0 Å². The molecule has 0 saturated carbocycles. The highest BCUT2D eigenvalue weighted by Gasteiger charge is 2.22. The van der Waals surface area contributed by atoms with Crippen molar-refractivity contribution in [2.24, 2.45) is 0 Å². The van der Waals surface area contributed by atoms with E-state index in [0.717, 1.165) is 11.8 Å². The molecular weight excluding hydrogens is 293 g/mol. The highest BCUT2D eigenvalue weighted by Crippen LogP contribution is 2.27. The number of sulfonamides is 1. The number of aromatic amines is 1. The van der Waals surface area contributed by atoms with Crippen molar-refractivity contribution in [1.82, 2.24) is 10.2 Å². The summed E-state index contributed by atoms with van der Waals surface area (Å²) >= 11 is 0. The van der Waals surface area contributed by atoms with E-state index in [2.05, 4.69) is 14.9 Å². The molecule has 0 atom stereocenters. The van der Waals surface area contributed by atoms with Crippen LogP contribution >= 0.6 is 0 Å². The van der Waals surface area contributed by atoms with E-state index in [1.807, 2.05) is 20.8 Å². The van der Waals surface area contributed by atoms with Crippen molar-refractivity contribution in [2.45, 2.75) is 38.0 Å². The summed E-state index contributed by atoms with van der Waals surface area (Å²) in [5.74, 6) is -0.364. The van der Waals surface area contributed by atoms with Gasteiger partial charge in [0.15, 0.2) is 5.82 Å². The van der Waals surface area contributed by atoms with E-state index in [9.17, 15) is 12.8 Å². The van der Waals surface area contributed by atoms with Gasteiger partial charge in [0.25, 0.3) is 10.0 Å². The van der Waals surface area contributed by atoms with Crippen molar-refractivity contribution < 1.29 is 12.8 Å². The van der Waals surface area contributed by atoms with Crippen molar-refractivity contribution in [3.63, 3.8) is 0 Å². The minimum atomic E-state index is -3.86. The van der Waals surface area contributed by atoms with E-state index in [4.69, 9.17) is 0 Å². The van der Waals surface area contributed by atoms with Crippen molar-refractivity contribution in [3.05, 3.63) is 41.3 Å². The fourth-order valence-corrected chi connectivity index (χ4v) is 2.94. The van der Waals surface area contributed by atoms with Crippen molar-refractivity contribution in [1.29, 1.82) is 0 Å². The molecular formula is C14H18FN3O2S. The van der Waals surface area contributed by atoms with Gasteiger partial charge in [0.1, 0.15) is 5.82 Å². The molecule has 0 spiro atoms. The van der Waals surface area contributed by atoms with Crippen LogP contribution in [0, 0.1) is 12.7 Å². The molecule has 0 radical (unpaired) electrons. The van der Waals surface area contributed by atoms with Gasteiger partial charge >= 0.3 is 0 Å². The molecule has 7 heteroatoms. The summed E-state index contributed by atoms with van der Waals surface area (Å²) in [5, 5.41) is 6.43. The molecule has 114 valence electrons. The number of nitrogens with one attached hydrogen (secondary N) is 2. The molecule has 0 unspecified atom stereocenters. The number of hydrogen-bond donors (Lipinski definition) is 2. The molecule has 0 bridgehead atoms. The van der Waals surface area contributed by atoms with Crippen LogP contribution in [-0.2, 0) is 15.4 Å². The Bertz CT molecular complexity index is 761. The first kappa shape index (κ1) is 15.5. The van der Waals surface area contributed by atoms with E-state index >= 15 is 0 Å². The van der Waals surface area contributed by atoms with E-state index in [-0.39, 0.29) is 16.1 Å². The van der Waals surface area contributed by atoms with Gasteiger partial charge in [-0.25, -0.2) is 12.8 Å². The first-order chi connectivity index (χ1) is 9.59. The second-order valence-electron chi connectivity index (χ2n) is 5.93. The molecule has 0 aliphatic heterocycles. The smallest absolute Gasteiger partial charge is 0.263 e. The number of aromatic nitrogens is 2. The van der Waals surface area contributed by atoms with Crippen LogP contribution in [-0.4, -0.2) is 18.6 Å². The predicted octanol–water partition coefficient (Wildman–Crippen LogP) is 2.96. The van der Waals surface area contributed by atoms with Gasteiger partial charge in [0, 0.05) is 11.8 Å². The number of hydrogen-bond acceptors (Lipinski definition) is 3. The third kappa shape index (κ3) is 3.41. The van der Waals surface area contributed by atoms with Crippen LogP contribution in [0.1, 0.15) is 32.0 Å². The van der Waals surface area contributed by atoms with Gasteiger partial charge in [-0.2, -0.15) is 5.10 Å². The lowest BCUT2D eigenvalue weighted by Crippen LogP contribution is -2.17. The van der Waals surface area contributed by atoms with Crippen molar-refractivity contribution in [3.8, 4) is 0 Å². The summed E-state index contributed by atoms with van der Waals surface area (Å²) in [6.45, 7) is 7.35. The Hall–Kier alpha value is -1.89. The quantitative estimate of drug-likeness (QED) is 0.915. The molecule has 0 amide bonds. The number of anilines is 1. The van der Waals surface area contributed by atoms with E-state index in [1.54, 1.807) is 13.0 Å². The van der Waals surface area contributed by atoms with Crippen LogP contribution in [0.15, 0.2) is 29.2 Å². The number of rotatable bonds is 3. The van der Waals surface area contributed by atoms with Gasteiger partial charge in [-0.3, -0.25) is 9.82 Å². The van der Waals surface area contributed by atoms with Gasteiger partial charge in [-0.15, -0.1) is 0 Å². The molecule has 0 aliphatic rings. The summed E-state index contributed by atoms with van der Waals surface area (Å²) in [6.07, 6.45) is 0. The van der Waals surface area contributed by atoms with Crippen LogP contribution < -0.4 is 4.72 Å². The maximum atomic E-state index is 14.1. The highest BCUT2D eigenvalue weighted by molar-refractivity contribution is 7.92. The summed E-state index contributed by atoms with van der Waals surface area (Å²) in [6, 6.07) is 5.48. The number of aryl methyl sites for hydroxylation is 1. The fraction of sp³-hybridized carbons (Fsp3) is 0.357. The van der Waals surface area contributed by atoms with Gasteiger partial charge < -0.3 is 0 Å². The number of nitrogens with zero attached hydrogens (tertiary/aromatic N) is 1. The zero-order chi connectivity index (χ0) is 15.8. The monoisotopic (exact) mass is 311 g/mol. The third-order valence-electron chi connectivity index (χ3n) is 3.00. The lowest BCUT2D eigenvalue weighted by molar-refractivity contribution is 0.519. The Balaban J connectivity index is 2.35. The second-order valence-corrected chi connectivity index (χ2v) is 7.62. The molecule has 1 aromatic carbocycles. The Morgan fingerprint density at radius 3 is 2.38 bits per heavy atom. The maximum Gasteiger partial charge on any atom is 0.263 e. The van der Waals surface area contributed by atoms with Gasteiger partial charge in [0.2, 0.25) is 0 Å². The predicted molar refractivity (Wildman–Crippen MR) is 79.2 cm³/mol. The van der Waals surface area contributed by atoms with Crippen molar-refractivity contribution in [2.75, 3.05) is 4.72 Å². The molecule has 5 nitrogen and oxygen atoms in total. The molecule has 21 heavy (non-hydrogen) atoms. The molecule has 1 heterocycles. The summed E-state index contributed by atoms with van der Waals surface area (Å²) in [4.78, 5) is -0.131. The van der Waals surface area contributed by atoms with Gasteiger partial charge in [-0.05, 0) is 30.0 Å². The molecule has 2 aromatic rings. The zero-order valence-electron chi connectivity index (χ0n) is 12.4. The number of benzene rings is 1. The number of halogens is 1. The Labute approximate surface area is 123 Å². The van der Waals surface area contributed by atoms with Gasteiger partial charge in [-0.1, -0.05) is 26.8 Å². The average molecular weight is 311 g/mol. The average Bonchev–Trinajstić information content (AvgIpc) is 2.72. The van der Waals surface area contributed by atoms with Crippen LogP contribution in [0.3, 0.4) is 0 Å². The SMILES string of the molecule is Cc1cc(NS(=O)(=O)c2ccc(C(C)(C)C)c(F)c2)n[nH]1. The van der Waals surface area contributed by atoms with Crippen LogP contribution in [0.2, 0.25) is 0 Å². The molecule has 1 aromatic heterocycles. The Morgan fingerprint density at radius 2 is 1.90 bits per heavy atom. The molecule has 2 rings (SSSR count). The first-order valence-corrected chi connectivity index (χ1v) is 7.93. The fourth-order valence-electron chi connectivity index (χ4n) is 1.94. The lowest BCUT2D eigenvalue weighted by atomic mass is 9.87. The van der Waals surface area contributed by atoms with Crippen molar-refractivity contribution >= 4 is 15.8 Å². The summed E-state index contributed by atoms with van der Waals surface area (Å²) < 4.78 is 40.8. The summed E-state index contributed by atoms with van der Waals surface area (Å²) in [5.41, 5.74) is 0.804. The number of H-pyrrole nitrogens is 1. The van der Waals surface area contributed by atoms with E-state index < -0.39 is 15.8 Å². The van der Waals surface area contributed by atoms with Crippen LogP contribution in [0.4, 0.5) is 10.2 Å². The lowest BCUT2D eigenvalue weighted by Gasteiger charge is -2.20. The van der Waals surface area contributed by atoms with E-state index in [0.29, 0.717) is 5.56 Å². The molecule has 2 N–H and O–H groups in total. The zero-order valence-corrected chi connectivity index (χ0v) is 13.2. The standard InChI is InChI=1S/C14H18FN3O2S/c1-9-7-13(17-16-9)18-21(19,20)10-5-6-11(12(15)8-10)14(2,3)4/h5-8H,1-4H3,(H2,16,17,18). The minimum Gasteiger partial charge on any atom is -0.281 e. The highest BCUT2D eigenvalue weighted by atomic mass is 32.2. The Morgan fingerprint density at radius 1 is 1.24 bits per heavy atom. The van der Waals surface area contributed by atoms with E-state index in [1.165, 1.54) is 12.1 Å². The van der Waals surface area contributed by atoms with Crippen LogP contribution in [0.5, 0.6) is 0 Å². The third-order valence-corrected chi connectivity index (χ3v) is 4.36. The molecule has 0 fully saturated rings. The first-order valence-electron chi connectivity index (χ1n) is 6.44. The maximum absolute atomic E-state index is 14.1. The largest absolute Gasteiger partial charge is 0.281 e. The normalized spacial score (nSPS) is 12.4. The topological polar surface area (TPSA) is 74.8 Å².